The van der Waals surface area contributed by atoms with E-state index in [0.717, 1.165) is 25.9 Å². The van der Waals surface area contributed by atoms with E-state index in [4.69, 9.17) is 0 Å². The number of nitrogens with zero attached hydrogens (tertiary/aromatic N) is 1. The van der Waals surface area contributed by atoms with Gasteiger partial charge in [-0.1, -0.05) is 20.8 Å². The quantitative estimate of drug-likeness (QED) is 0.597. The molecule has 0 saturated heterocycles. The predicted octanol–water partition coefficient (Wildman–Crippen LogP) is 1.44. The van der Waals surface area contributed by atoms with E-state index in [0.29, 0.717) is 19.5 Å². The number of nitrogens with one attached hydrogen (secondary N) is 1. The summed E-state index contributed by atoms with van der Waals surface area (Å²) < 4.78 is 25.3. The Labute approximate surface area is 100 Å². The van der Waals surface area contributed by atoms with Crippen LogP contribution >= 0.6 is 0 Å². The largest absolute Gasteiger partial charge is 0.317 e. The second-order valence-electron chi connectivity index (χ2n) is 3.91. The maximum Gasteiger partial charge on any atom is 0.214 e. The Morgan fingerprint density at radius 1 is 1.06 bits per heavy atom. The molecule has 0 aromatic heterocycles. The highest BCUT2D eigenvalue weighted by Gasteiger charge is 2.18. The Bertz CT molecular complexity index is 253. The van der Waals surface area contributed by atoms with Crippen LogP contribution in [0.5, 0.6) is 0 Å². The lowest BCUT2D eigenvalue weighted by Gasteiger charge is -2.19. The van der Waals surface area contributed by atoms with Crippen LogP contribution in [0.25, 0.3) is 0 Å². The van der Waals surface area contributed by atoms with Crippen molar-refractivity contribution in [3.63, 3.8) is 0 Å². The monoisotopic (exact) mass is 250 g/mol. The summed E-state index contributed by atoms with van der Waals surface area (Å²) in [5.74, 6) is 0.261. The number of rotatable bonds is 10. The molecule has 16 heavy (non-hydrogen) atoms. The second-order valence-corrected chi connectivity index (χ2v) is 6.00. The molecular weight excluding hydrogens is 224 g/mol. The highest BCUT2D eigenvalue weighted by atomic mass is 32.2. The van der Waals surface area contributed by atoms with Gasteiger partial charge in [0.15, 0.2) is 0 Å². The van der Waals surface area contributed by atoms with Gasteiger partial charge in [-0.05, 0) is 32.4 Å². The lowest BCUT2D eigenvalue weighted by Crippen LogP contribution is -2.34. The summed E-state index contributed by atoms with van der Waals surface area (Å²) >= 11 is 0. The molecule has 0 bridgehead atoms. The van der Waals surface area contributed by atoms with Gasteiger partial charge in [0.05, 0.1) is 5.75 Å². The van der Waals surface area contributed by atoms with Crippen molar-refractivity contribution >= 4 is 10.0 Å². The van der Waals surface area contributed by atoms with E-state index in [1.807, 2.05) is 13.8 Å². The van der Waals surface area contributed by atoms with Crippen molar-refractivity contribution in [1.82, 2.24) is 9.62 Å². The van der Waals surface area contributed by atoms with Crippen molar-refractivity contribution in [2.75, 3.05) is 31.9 Å². The van der Waals surface area contributed by atoms with E-state index in [2.05, 4.69) is 12.2 Å². The van der Waals surface area contributed by atoms with E-state index in [-0.39, 0.29) is 5.75 Å². The predicted molar refractivity (Wildman–Crippen MR) is 69.1 cm³/mol. The maximum atomic E-state index is 11.9. The molecule has 0 rings (SSSR count). The van der Waals surface area contributed by atoms with Gasteiger partial charge >= 0.3 is 0 Å². The minimum absolute atomic E-state index is 0.261. The molecule has 0 saturated carbocycles. The fourth-order valence-electron chi connectivity index (χ4n) is 1.55. The van der Waals surface area contributed by atoms with Crippen molar-refractivity contribution < 1.29 is 8.42 Å². The van der Waals surface area contributed by atoms with Gasteiger partial charge in [0.1, 0.15) is 0 Å². The van der Waals surface area contributed by atoms with E-state index < -0.39 is 10.0 Å². The Morgan fingerprint density at radius 3 is 2.25 bits per heavy atom. The minimum atomic E-state index is -3.03. The molecule has 4 nitrogen and oxygen atoms in total. The minimum Gasteiger partial charge on any atom is -0.317 e. The highest BCUT2D eigenvalue weighted by Crippen LogP contribution is 2.03. The first-order chi connectivity index (χ1) is 7.58. The van der Waals surface area contributed by atoms with E-state index in [1.54, 1.807) is 4.31 Å². The van der Waals surface area contributed by atoms with Gasteiger partial charge in [-0.2, -0.15) is 0 Å². The first-order valence-corrected chi connectivity index (χ1v) is 7.87. The molecule has 0 aliphatic heterocycles. The SMILES string of the molecule is CCCNCCCS(=O)(=O)N(CC)CCC. The van der Waals surface area contributed by atoms with Crippen molar-refractivity contribution in [1.29, 1.82) is 0 Å². The Kier molecular flexibility index (Phi) is 8.89. The third kappa shape index (κ3) is 6.45. The van der Waals surface area contributed by atoms with E-state index in [1.165, 1.54) is 0 Å². The average molecular weight is 250 g/mol. The molecule has 0 unspecified atom stereocenters. The maximum absolute atomic E-state index is 11.9. The van der Waals surface area contributed by atoms with E-state index >= 15 is 0 Å². The first kappa shape index (κ1) is 15.9. The van der Waals surface area contributed by atoms with Crippen molar-refractivity contribution in [3.8, 4) is 0 Å². The Balaban J connectivity index is 3.93. The summed E-state index contributed by atoms with van der Waals surface area (Å²) in [7, 11) is -3.03. The van der Waals surface area contributed by atoms with Gasteiger partial charge in [0.25, 0.3) is 0 Å². The summed E-state index contributed by atoms with van der Waals surface area (Å²) in [5.41, 5.74) is 0. The summed E-state index contributed by atoms with van der Waals surface area (Å²) in [6.45, 7) is 8.97. The van der Waals surface area contributed by atoms with Crippen LogP contribution in [0.3, 0.4) is 0 Å². The second kappa shape index (κ2) is 8.96. The van der Waals surface area contributed by atoms with Crippen LogP contribution in [0.1, 0.15) is 40.0 Å². The van der Waals surface area contributed by atoms with Crippen molar-refractivity contribution in [2.24, 2.45) is 0 Å². The number of hydrogen-bond donors (Lipinski definition) is 1. The van der Waals surface area contributed by atoms with Gasteiger partial charge in [-0.3, -0.25) is 0 Å². The fraction of sp³-hybridized carbons (Fsp3) is 1.00. The van der Waals surface area contributed by atoms with E-state index in [9.17, 15) is 8.42 Å². The van der Waals surface area contributed by atoms with Crippen LogP contribution in [0, 0.1) is 0 Å². The molecule has 5 heteroatoms. The molecule has 0 aliphatic carbocycles. The highest BCUT2D eigenvalue weighted by molar-refractivity contribution is 7.89. The van der Waals surface area contributed by atoms with Crippen LogP contribution in [0.4, 0.5) is 0 Å². The standard InChI is InChI=1S/C11H26N2O2S/c1-4-8-12-9-7-11-16(14,15)13(6-3)10-5-2/h12H,4-11H2,1-3H3. The van der Waals surface area contributed by atoms with Gasteiger partial charge in [-0.15, -0.1) is 0 Å². The van der Waals surface area contributed by atoms with Gasteiger partial charge < -0.3 is 5.32 Å². The average Bonchev–Trinajstić information content (AvgIpc) is 2.25. The molecule has 0 fully saturated rings. The lowest BCUT2D eigenvalue weighted by molar-refractivity contribution is 0.425. The third-order valence-electron chi connectivity index (χ3n) is 2.40. The molecule has 0 aromatic rings. The molecule has 0 atom stereocenters. The van der Waals surface area contributed by atoms with Crippen LogP contribution < -0.4 is 5.32 Å². The van der Waals surface area contributed by atoms with Crippen molar-refractivity contribution in [3.05, 3.63) is 0 Å². The summed E-state index contributed by atoms with van der Waals surface area (Å²) in [6, 6.07) is 0. The molecule has 0 radical (unpaired) electrons. The molecule has 0 amide bonds. The third-order valence-corrected chi connectivity index (χ3v) is 4.43. The molecule has 1 N–H and O–H groups in total. The lowest BCUT2D eigenvalue weighted by atomic mass is 10.4. The zero-order valence-corrected chi connectivity index (χ0v) is 11.6. The Morgan fingerprint density at radius 2 is 1.75 bits per heavy atom. The van der Waals surface area contributed by atoms with Crippen molar-refractivity contribution in [2.45, 2.75) is 40.0 Å². The first-order valence-electron chi connectivity index (χ1n) is 6.27. The smallest absolute Gasteiger partial charge is 0.214 e. The summed E-state index contributed by atoms with van der Waals surface area (Å²) in [6.07, 6.45) is 2.66. The van der Waals surface area contributed by atoms with Gasteiger partial charge in [0.2, 0.25) is 10.0 Å². The van der Waals surface area contributed by atoms with Crippen LogP contribution in [-0.2, 0) is 10.0 Å². The zero-order chi connectivity index (χ0) is 12.4. The summed E-state index contributed by atoms with van der Waals surface area (Å²) in [4.78, 5) is 0. The molecule has 0 heterocycles. The number of sulfonamides is 1. The number of hydrogen-bond acceptors (Lipinski definition) is 3. The zero-order valence-electron chi connectivity index (χ0n) is 10.8. The fourth-order valence-corrected chi connectivity index (χ4v) is 3.18. The van der Waals surface area contributed by atoms with Gasteiger partial charge in [0, 0.05) is 13.1 Å². The molecule has 98 valence electrons. The molecule has 0 spiro atoms. The Hall–Kier alpha value is -0.130. The molecule has 0 aromatic carbocycles. The van der Waals surface area contributed by atoms with Crippen LogP contribution in [-0.4, -0.2) is 44.7 Å². The van der Waals surface area contributed by atoms with Crippen LogP contribution in [0.2, 0.25) is 0 Å². The van der Waals surface area contributed by atoms with Gasteiger partial charge in [-0.25, -0.2) is 12.7 Å². The molecule has 0 aliphatic rings. The topological polar surface area (TPSA) is 49.4 Å². The van der Waals surface area contributed by atoms with Crippen LogP contribution in [0.15, 0.2) is 0 Å². The summed E-state index contributed by atoms with van der Waals surface area (Å²) in [5, 5.41) is 3.21. The molecular formula is C11H26N2O2S. The normalized spacial score (nSPS) is 12.2.